The van der Waals surface area contributed by atoms with Gasteiger partial charge in [-0.25, -0.2) is 0 Å². The molecule has 2 fully saturated rings. The van der Waals surface area contributed by atoms with E-state index in [0.29, 0.717) is 30.5 Å². The molecule has 1 aliphatic carbocycles. The maximum atomic E-state index is 12.9. The summed E-state index contributed by atoms with van der Waals surface area (Å²) in [6.07, 6.45) is 8.40. The second-order valence-electron chi connectivity index (χ2n) is 7.88. The number of halogens is 1. The molecule has 1 saturated carbocycles. The van der Waals surface area contributed by atoms with Crippen molar-refractivity contribution in [2.45, 2.75) is 70.0 Å². The maximum absolute atomic E-state index is 12.9. The molecule has 1 saturated heterocycles. The van der Waals surface area contributed by atoms with Crippen molar-refractivity contribution in [3.05, 3.63) is 34.9 Å². The molecule has 148 valence electrons. The lowest BCUT2D eigenvalue weighted by Gasteiger charge is -2.29. The zero-order valence-electron chi connectivity index (χ0n) is 15.8. The van der Waals surface area contributed by atoms with E-state index >= 15 is 0 Å². The molecule has 1 heterocycles. The summed E-state index contributed by atoms with van der Waals surface area (Å²) >= 11 is 5.99. The van der Waals surface area contributed by atoms with Gasteiger partial charge in [-0.05, 0) is 42.9 Å². The summed E-state index contributed by atoms with van der Waals surface area (Å²) in [7, 11) is 0. The molecule has 2 atom stereocenters. The van der Waals surface area contributed by atoms with E-state index in [9.17, 15) is 9.59 Å². The van der Waals surface area contributed by atoms with Gasteiger partial charge in [-0.15, -0.1) is 0 Å². The second kappa shape index (κ2) is 9.56. The summed E-state index contributed by atoms with van der Waals surface area (Å²) in [5.41, 5.74) is 7.18. The zero-order chi connectivity index (χ0) is 19.2. The third-order valence-electron chi connectivity index (χ3n) is 5.82. The van der Waals surface area contributed by atoms with Crippen LogP contribution in [0.5, 0.6) is 0 Å². The Morgan fingerprint density at radius 1 is 1.19 bits per heavy atom. The number of rotatable bonds is 6. The number of hydrogen-bond acceptors (Lipinski definition) is 3. The van der Waals surface area contributed by atoms with E-state index in [1.165, 1.54) is 32.1 Å². The molecule has 27 heavy (non-hydrogen) atoms. The summed E-state index contributed by atoms with van der Waals surface area (Å²) in [4.78, 5) is 27.2. The molecule has 2 aliphatic rings. The number of amides is 2. The Bertz CT molecular complexity index is 661. The highest BCUT2D eigenvalue weighted by atomic mass is 35.5. The number of benzene rings is 1. The van der Waals surface area contributed by atoms with E-state index in [0.717, 1.165) is 18.4 Å². The van der Waals surface area contributed by atoms with Crippen LogP contribution < -0.4 is 11.1 Å². The highest BCUT2D eigenvalue weighted by molar-refractivity contribution is 6.30. The van der Waals surface area contributed by atoms with Gasteiger partial charge in [0.05, 0.1) is 6.04 Å². The number of carbonyl (C=O) groups excluding carboxylic acids is 2. The molecule has 2 amide bonds. The van der Waals surface area contributed by atoms with Crippen LogP contribution in [0.2, 0.25) is 5.02 Å². The summed E-state index contributed by atoms with van der Waals surface area (Å²) in [6.45, 7) is 1.03. The van der Waals surface area contributed by atoms with E-state index in [4.69, 9.17) is 17.3 Å². The van der Waals surface area contributed by atoms with Crippen LogP contribution in [0.3, 0.4) is 0 Å². The number of nitrogens with two attached hydrogens (primary N) is 1. The fourth-order valence-corrected chi connectivity index (χ4v) is 4.57. The van der Waals surface area contributed by atoms with E-state index < -0.39 is 12.1 Å². The molecule has 3 N–H and O–H groups in total. The van der Waals surface area contributed by atoms with Crippen LogP contribution in [-0.2, 0) is 16.1 Å². The van der Waals surface area contributed by atoms with Crippen LogP contribution in [0.1, 0.15) is 56.9 Å². The minimum atomic E-state index is -0.491. The fourth-order valence-electron chi connectivity index (χ4n) is 4.35. The van der Waals surface area contributed by atoms with E-state index in [2.05, 4.69) is 5.32 Å². The van der Waals surface area contributed by atoms with Crippen LogP contribution in [0.4, 0.5) is 0 Å². The highest BCUT2D eigenvalue weighted by Crippen LogP contribution is 2.28. The van der Waals surface area contributed by atoms with Gasteiger partial charge in [-0.3, -0.25) is 9.59 Å². The SMILES string of the molecule is N[C@H](CC1CCCCC1)C(=O)N1CCC[C@H]1C(=O)NCc1cccc(Cl)c1. The van der Waals surface area contributed by atoms with Gasteiger partial charge in [0, 0.05) is 18.1 Å². The van der Waals surface area contributed by atoms with E-state index in [1.54, 1.807) is 11.0 Å². The molecular formula is C21H30ClN3O2. The minimum Gasteiger partial charge on any atom is -0.350 e. The van der Waals surface area contributed by atoms with Crippen molar-refractivity contribution >= 4 is 23.4 Å². The molecule has 1 aliphatic heterocycles. The molecule has 0 unspecified atom stereocenters. The largest absolute Gasteiger partial charge is 0.350 e. The Morgan fingerprint density at radius 2 is 1.96 bits per heavy atom. The Balaban J connectivity index is 1.53. The van der Waals surface area contributed by atoms with Gasteiger partial charge in [-0.1, -0.05) is 55.8 Å². The lowest BCUT2D eigenvalue weighted by molar-refractivity contribution is -0.139. The monoisotopic (exact) mass is 391 g/mol. The Labute approximate surface area is 166 Å². The Morgan fingerprint density at radius 3 is 2.70 bits per heavy atom. The normalized spacial score (nSPS) is 21.9. The molecular weight excluding hydrogens is 362 g/mol. The predicted molar refractivity (Wildman–Crippen MR) is 107 cm³/mol. The first-order valence-electron chi connectivity index (χ1n) is 10.1. The van der Waals surface area contributed by atoms with Crippen molar-refractivity contribution < 1.29 is 9.59 Å². The van der Waals surface area contributed by atoms with Gasteiger partial charge in [0.15, 0.2) is 0 Å². The fraction of sp³-hybridized carbons (Fsp3) is 0.619. The minimum absolute atomic E-state index is 0.0685. The van der Waals surface area contributed by atoms with Crippen molar-refractivity contribution in [2.75, 3.05) is 6.54 Å². The molecule has 1 aromatic carbocycles. The van der Waals surface area contributed by atoms with Gasteiger partial charge >= 0.3 is 0 Å². The maximum Gasteiger partial charge on any atom is 0.243 e. The van der Waals surface area contributed by atoms with Crippen molar-refractivity contribution in [2.24, 2.45) is 11.7 Å². The van der Waals surface area contributed by atoms with Crippen LogP contribution in [0.15, 0.2) is 24.3 Å². The first kappa shape index (κ1) is 20.2. The van der Waals surface area contributed by atoms with Crippen LogP contribution in [0, 0.1) is 5.92 Å². The van der Waals surface area contributed by atoms with Crippen molar-refractivity contribution in [1.29, 1.82) is 0 Å². The molecule has 0 spiro atoms. The standard InChI is InChI=1S/C21H30ClN3O2/c22-17-9-4-8-16(12-17)14-24-20(26)19-10-5-11-25(19)21(27)18(23)13-15-6-2-1-3-7-15/h4,8-9,12,15,18-19H,1-3,5-7,10-11,13-14,23H2,(H,24,26)/t18-,19+/m1/s1. The topological polar surface area (TPSA) is 75.4 Å². The third-order valence-corrected chi connectivity index (χ3v) is 6.06. The Kier molecular flexibility index (Phi) is 7.13. The second-order valence-corrected chi connectivity index (χ2v) is 8.32. The van der Waals surface area contributed by atoms with Gasteiger partial charge in [0.2, 0.25) is 11.8 Å². The predicted octanol–water partition coefficient (Wildman–Crippen LogP) is 3.24. The summed E-state index contributed by atoms with van der Waals surface area (Å²) in [5, 5.41) is 3.59. The zero-order valence-corrected chi connectivity index (χ0v) is 16.6. The van der Waals surface area contributed by atoms with E-state index in [-0.39, 0.29) is 11.8 Å². The molecule has 6 heteroatoms. The Hall–Kier alpha value is -1.59. The molecule has 3 rings (SSSR count). The number of carbonyl (C=O) groups is 2. The van der Waals surface area contributed by atoms with Crippen LogP contribution >= 0.6 is 11.6 Å². The number of nitrogens with one attached hydrogen (secondary N) is 1. The lowest BCUT2D eigenvalue weighted by atomic mass is 9.84. The summed E-state index contributed by atoms with van der Waals surface area (Å²) in [6, 6.07) is 6.52. The van der Waals surface area contributed by atoms with Gasteiger partial charge in [-0.2, -0.15) is 0 Å². The van der Waals surface area contributed by atoms with E-state index in [1.807, 2.05) is 18.2 Å². The molecule has 0 bridgehead atoms. The smallest absolute Gasteiger partial charge is 0.243 e. The highest BCUT2D eigenvalue weighted by Gasteiger charge is 2.36. The summed E-state index contributed by atoms with van der Waals surface area (Å²) in [5.74, 6) is 0.377. The lowest BCUT2D eigenvalue weighted by Crippen LogP contribution is -2.51. The first-order valence-corrected chi connectivity index (χ1v) is 10.5. The van der Waals surface area contributed by atoms with Crippen LogP contribution in [-0.4, -0.2) is 35.3 Å². The quantitative estimate of drug-likeness (QED) is 0.781. The van der Waals surface area contributed by atoms with Gasteiger partial charge < -0.3 is 16.0 Å². The average Bonchev–Trinajstić information content (AvgIpc) is 3.16. The van der Waals surface area contributed by atoms with Crippen molar-refractivity contribution in [1.82, 2.24) is 10.2 Å². The number of hydrogen-bond donors (Lipinski definition) is 2. The molecule has 0 radical (unpaired) electrons. The molecule has 1 aromatic rings. The van der Waals surface area contributed by atoms with Gasteiger partial charge in [0.25, 0.3) is 0 Å². The number of nitrogens with zero attached hydrogens (tertiary/aromatic N) is 1. The first-order chi connectivity index (χ1) is 13.0. The van der Waals surface area contributed by atoms with Crippen LogP contribution in [0.25, 0.3) is 0 Å². The average molecular weight is 392 g/mol. The van der Waals surface area contributed by atoms with Crippen molar-refractivity contribution in [3.8, 4) is 0 Å². The van der Waals surface area contributed by atoms with Gasteiger partial charge in [0.1, 0.15) is 6.04 Å². The molecule has 5 nitrogen and oxygen atoms in total. The number of likely N-dealkylation sites (tertiary alicyclic amines) is 1. The summed E-state index contributed by atoms with van der Waals surface area (Å²) < 4.78 is 0. The molecule has 0 aromatic heterocycles. The van der Waals surface area contributed by atoms with Crippen molar-refractivity contribution in [3.63, 3.8) is 0 Å². The third kappa shape index (κ3) is 5.45.